The zero-order valence-corrected chi connectivity index (χ0v) is 20.3. The molecule has 0 radical (unpaired) electrons. The van der Waals surface area contributed by atoms with Gasteiger partial charge in [0.25, 0.3) is 0 Å². The first kappa shape index (κ1) is 23.6. The zero-order chi connectivity index (χ0) is 23.3. The fraction of sp³-hybridized carbons (Fsp3) is 0.360. The summed E-state index contributed by atoms with van der Waals surface area (Å²) in [5.74, 6) is 0.637. The van der Waals surface area contributed by atoms with Gasteiger partial charge in [0.2, 0.25) is 10.0 Å². The van der Waals surface area contributed by atoms with E-state index in [1.165, 1.54) is 16.9 Å². The first-order valence-corrected chi connectivity index (χ1v) is 13.6. The van der Waals surface area contributed by atoms with Crippen molar-refractivity contribution in [2.45, 2.75) is 43.9 Å². The summed E-state index contributed by atoms with van der Waals surface area (Å²) in [4.78, 5) is 17.2. The van der Waals surface area contributed by atoms with E-state index >= 15 is 0 Å². The van der Waals surface area contributed by atoms with Crippen LogP contribution < -0.4 is 4.74 Å². The average Bonchev–Trinajstić information content (AvgIpc) is 3.32. The summed E-state index contributed by atoms with van der Waals surface area (Å²) in [6, 6.07) is 14.6. The summed E-state index contributed by atoms with van der Waals surface area (Å²) in [5, 5.41) is 2.60. The Morgan fingerprint density at radius 3 is 2.39 bits per heavy atom. The minimum absolute atomic E-state index is 0.00341. The molecule has 1 saturated heterocycles. The van der Waals surface area contributed by atoms with Crippen molar-refractivity contribution in [1.82, 2.24) is 9.29 Å². The summed E-state index contributed by atoms with van der Waals surface area (Å²) >= 11 is 1.42. The largest absolute Gasteiger partial charge is 0.486 e. The molecule has 8 heteroatoms. The zero-order valence-electron chi connectivity index (χ0n) is 18.7. The molecular weight excluding hydrogens is 456 g/mol. The lowest BCUT2D eigenvalue weighted by molar-refractivity contribution is -0.120. The van der Waals surface area contributed by atoms with Crippen molar-refractivity contribution in [2.24, 2.45) is 0 Å². The standard InChI is InChI=1S/C25H28N2O4S2/c1-2-19-6-10-22(11-7-19)31-17-21(28)16-25-26-24(18-32-25)20-8-12-23(13-9-20)33(29,30)27-14-4-3-5-15-27/h6-13,18H,2-5,14-17H2,1H3. The van der Waals surface area contributed by atoms with Gasteiger partial charge < -0.3 is 4.74 Å². The lowest BCUT2D eigenvalue weighted by atomic mass is 10.2. The maximum absolute atomic E-state index is 12.8. The van der Waals surface area contributed by atoms with E-state index in [-0.39, 0.29) is 18.8 Å². The molecule has 0 amide bonds. The van der Waals surface area contributed by atoms with Crippen LogP contribution in [0.3, 0.4) is 0 Å². The van der Waals surface area contributed by atoms with Crippen LogP contribution in [0.25, 0.3) is 11.3 Å². The summed E-state index contributed by atoms with van der Waals surface area (Å²) in [6.45, 7) is 3.26. The number of hydrogen-bond donors (Lipinski definition) is 0. The first-order valence-electron chi connectivity index (χ1n) is 11.2. The van der Waals surface area contributed by atoms with Crippen LogP contribution in [0.15, 0.2) is 58.8 Å². The quantitative estimate of drug-likeness (QED) is 0.439. The minimum Gasteiger partial charge on any atom is -0.486 e. The van der Waals surface area contributed by atoms with Gasteiger partial charge in [0, 0.05) is 24.0 Å². The van der Waals surface area contributed by atoms with Crippen molar-refractivity contribution in [1.29, 1.82) is 0 Å². The third-order valence-electron chi connectivity index (χ3n) is 5.73. The molecule has 0 spiro atoms. The second-order valence-corrected chi connectivity index (χ2v) is 11.0. The molecule has 0 N–H and O–H groups in total. The molecule has 4 rings (SSSR count). The van der Waals surface area contributed by atoms with Crippen LogP contribution in [0.4, 0.5) is 0 Å². The fourth-order valence-corrected chi connectivity index (χ4v) is 6.13. The van der Waals surface area contributed by atoms with E-state index in [1.807, 2.05) is 29.6 Å². The predicted molar refractivity (Wildman–Crippen MR) is 130 cm³/mol. The van der Waals surface area contributed by atoms with Crippen LogP contribution >= 0.6 is 11.3 Å². The molecule has 0 atom stereocenters. The summed E-state index contributed by atoms with van der Waals surface area (Å²) in [6.07, 6.45) is 4.07. The second kappa shape index (κ2) is 10.6. The lowest BCUT2D eigenvalue weighted by Gasteiger charge is -2.25. The van der Waals surface area contributed by atoms with Gasteiger partial charge in [-0.15, -0.1) is 11.3 Å². The summed E-state index contributed by atoms with van der Waals surface area (Å²) in [7, 11) is -3.45. The first-order chi connectivity index (χ1) is 16.0. The van der Waals surface area contributed by atoms with Gasteiger partial charge in [-0.3, -0.25) is 4.79 Å². The Morgan fingerprint density at radius 2 is 1.73 bits per heavy atom. The maximum Gasteiger partial charge on any atom is 0.243 e. The van der Waals surface area contributed by atoms with Crippen molar-refractivity contribution in [2.75, 3.05) is 19.7 Å². The van der Waals surface area contributed by atoms with Crippen LogP contribution in [0, 0.1) is 0 Å². The van der Waals surface area contributed by atoms with Crippen LogP contribution in [0.1, 0.15) is 36.8 Å². The normalized spacial score (nSPS) is 14.8. The molecule has 0 unspecified atom stereocenters. The molecule has 6 nitrogen and oxygen atoms in total. The van der Waals surface area contributed by atoms with Crippen molar-refractivity contribution in [3.05, 3.63) is 64.5 Å². The van der Waals surface area contributed by atoms with Gasteiger partial charge in [0.1, 0.15) is 17.4 Å². The molecule has 0 bridgehead atoms. The van der Waals surface area contributed by atoms with Gasteiger partial charge in [-0.25, -0.2) is 13.4 Å². The number of carbonyl (C=O) groups is 1. The number of benzene rings is 2. The molecule has 1 fully saturated rings. The molecule has 1 aliphatic rings. The smallest absolute Gasteiger partial charge is 0.243 e. The number of ether oxygens (including phenoxy) is 1. The number of Topliss-reactive ketones (excluding diaryl/α,β-unsaturated/α-hetero) is 1. The van der Waals surface area contributed by atoms with E-state index in [2.05, 4.69) is 11.9 Å². The Labute approximate surface area is 199 Å². The average molecular weight is 485 g/mol. The van der Waals surface area contributed by atoms with Crippen LogP contribution in [-0.4, -0.2) is 43.2 Å². The number of nitrogens with zero attached hydrogens (tertiary/aromatic N) is 2. The molecule has 1 aromatic heterocycles. The molecule has 174 valence electrons. The van der Waals surface area contributed by atoms with Gasteiger partial charge in [0.05, 0.1) is 17.0 Å². The lowest BCUT2D eigenvalue weighted by Crippen LogP contribution is -2.35. The Bertz CT molecular complexity index is 1180. The van der Waals surface area contributed by atoms with Gasteiger partial charge in [-0.1, -0.05) is 37.6 Å². The van der Waals surface area contributed by atoms with Crippen molar-refractivity contribution < 1.29 is 17.9 Å². The number of sulfonamides is 1. The number of aromatic nitrogens is 1. The van der Waals surface area contributed by atoms with Gasteiger partial charge >= 0.3 is 0 Å². The Morgan fingerprint density at radius 1 is 1.03 bits per heavy atom. The minimum atomic E-state index is -3.45. The van der Waals surface area contributed by atoms with E-state index in [1.54, 1.807) is 28.6 Å². The van der Waals surface area contributed by atoms with Crippen molar-refractivity contribution in [3.8, 4) is 17.0 Å². The summed E-state index contributed by atoms with van der Waals surface area (Å²) in [5.41, 5.74) is 2.79. The number of carbonyl (C=O) groups excluding carboxylic acids is 1. The van der Waals surface area contributed by atoms with Crippen molar-refractivity contribution in [3.63, 3.8) is 0 Å². The number of aryl methyl sites for hydroxylation is 1. The number of hydrogen-bond acceptors (Lipinski definition) is 6. The highest BCUT2D eigenvalue weighted by Gasteiger charge is 2.25. The molecule has 2 heterocycles. The predicted octanol–water partition coefficient (Wildman–Crippen LogP) is 4.74. The van der Waals surface area contributed by atoms with E-state index in [0.717, 1.165) is 36.9 Å². The number of rotatable bonds is 9. The van der Waals surface area contributed by atoms with Gasteiger partial charge in [-0.05, 0) is 49.1 Å². The Balaban J connectivity index is 1.35. The van der Waals surface area contributed by atoms with Crippen LogP contribution in [-0.2, 0) is 27.7 Å². The number of thiazole rings is 1. The van der Waals surface area contributed by atoms with E-state index in [0.29, 0.717) is 28.7 Å². The van der Waals surface area contributed by atoms with Crippen LogP contribution in [0.2, 0.25) is 0 Å². The van der Waals surface area contributed by atoms with Crippen molar-refractivity contribution >= 4 is 27.1 Å². The van der Waals surface area contributed by atoms with Gasteiger partial charge in [-0.2, -0.15) is 4.31 Å². The number of piperidine rings is 1. The number of ketones is 1. The highest BCUT2D eigenvalue weighted by molar-refractivity contribution is 7.89. The topological polar surface area (TPSA) is 76.6 Å². The highest BCUT2D eigenvalue weighted by atomic mass is 32.2. The molecule has 0 saturated carbocycles. The summed E-state index contributed by atoms with van der Waals surface area (Å²) < 4.78 is 32.8. The highest BCUT2D eigenvalue weighted by Crippen LogP contribution is 2.26. The third kappa shape index (κ3) is 5.88. The van der Waals surface area contributed by atoms with E-state index < -0.39 is 10.0 Å². The van der Waals surface area contributed by atoms with Crippen LogP contribution in [0.5, 0.6) is 5.75 Å². The Kier molecular flexibility index (Phi) is 7.57. The monoisotopic (exact) mass is 484 g/mol. The SMILES string of the molecule is CCc1ccc(OCC(=O)Cc2nc(-c3ccc(S(=O)(=O)N4CCCCC4)cc3)cs2)cc1. The molecule has 3 aromatic rings. The molecule has 1 aliphatic heterocycles. The molecule has 2 aromatic carbocycles. The molecule has 33 heavy (non-hydrogen) atoms. The molecular formula is C25H28N2O4S2. The second-order valence-electron chi connectivity index (χ2n) is 8.12. The fourth-order valence-electron chi connectivity index (χ4n) is 3.78. The van der Waals surface area contributed by atoms with E-state index in [9.17, 15) is 13.2 Å². The molecule has 0 aliphatic carbocycles. The Hall–Kier alpha value is -2.55. The van der Waals surface area contributed by atoms with Gasteiger partial charge in [0.15, 0.2) is 5.78 Å². The van der Waals surface area contributed by atoms with E-state index in [4.69, 9.17) is 4.74 Å². The maximum atomic E-state index is 12.8. The third-order valence-corrected chi connectivity index (χ3v) is 8.50.